The molecule has 0 unspecified atom stereocenters. The van der Waals surface area contributed by atoms with Crippen molar-refractivity contribution in [1.82, 2.24) is 0 Å². The molecule has 0 aliphatic carbocycles. The van der Waals surface area contributed by atoms with E-state index in [1.54, 1.807) is 0 Å². The molecule has 0 aromatic carbocycles. The molecular weight excluding hydrogens is 228 g/mol. The molecule has 112 valence electrons. The first kappa shape index (κ1) is 18.5. The average Bonchev–Trinajstić information content (AvgIpc) is 2.43. The minimum Gasteiger partial charge on any atom is -0.0845 e. The second-order valence-electron chi connectivity index (χ2n) is 5.62. The lowest BCUT2D eigenvalue weighted by atomic mass is 10.1. The molecule has 0 heterocycles. The van der Waals surface area contributed by atoms with Crippen molar-refractivity contribution in [2.45, 2.75) is 97.3 Å². The number of rotatable bonds is 14. The monoisotopic (exact) mass is 264 g/mol. The summed E-state index contributed by atoms with van der Waals surface area (Å²) in [7, 11) is 0. The summed E-state index contributed by atoms with van der Waals surface area (Å²) in [5, 5.41) is 0. The van der Waals surface area contributed by atoms with Crippen molar-refractivity contribution in [3.63, 3.8) is 0 Å². The summed E-state index contributed by atoms with van der Waals surface area (Å²) in [6.07, 6.45) is 27.0. The van der Waals surface area contributed by atoms with Crippen molar-refractivity contribution in [3.8, 4) is 0 Å². The fourth-order valence-corrected chi connectivity index (χ4v) is 2.26. The molecule has 0 aliphatic heterocycles. The normalized spacial score (nSPS) is 11.9. The molecule has 0 spiro atoms. The Labute approximate surface area is 122 Å². The molecule has 0 heteroatoms. The highest BCUT2D eigenvalue weighted by Gasteiger charge is 1.88. The van der Waals surface area contributed by atoms with Crippen molar-refractivity contribution in [2.75, 3.05) is 0 Å². The Balaban J connectivity index is 3.15. The van der Waals surface area contributed by atoms with Crippen LogP contribution in [0.25, 0.3) is 0 Å². The molecule has 0 aromatic heterocycles. The maximum atomic E-state index is 2.33. The Bertz CT molecular complexity index is 200. The molecular formula is C19H36. The third kappa shape index (κ3) is 17.5. The lowest BCUT2D eigenvalue weighted by Gasteiger charge is -1.97. The molecule has 0 amide bonds. The van der Waals surface area contributed by atoms with E-state index in [1.807, 2.05) is 0 Å². The summed E-state index contributed by atoms with van der Waals surface area (Å²) in [5.41, 5.74) is 0. The SMILES string of the molecule is CCCCCCCC=CC=CCCCCCCCC. The number of hydrogen-bond acceptors (Lipinski definition) is 0. The Kier molecular flexibility index (Phi) is 17.0. The topological polar surface area (TPSA) is 0 Å². The second-order valence-corrected chi connectivity index (χ2v) is 5.62. The highest BCUT2D eigenvalue weighted by Crippen LogP contribution is 2.07. The molecule has 0 radical (unpaired) electrons. The fraction of sp³-hybridized carbons (Fsp3) is 0.789. The summed E-state index contributed by atoms with van der Waals surface area (Å²) >= 11 is 0. The largest absolute Gasteiger partial charge is 0.0845 e. The highest BCUT2D eigenvalue weighted by atomic mass is 13.9. The van der Waals surface area contributed by atoms with Crippen LogP contribution in [-0.4, -0.2) is 0 Å². The van der Waals surface area contributed by atoms with Crippen LogP contribution in [0.2, 0.25) is 0 Å². The fourth-order valence-electron chi connectivity index (χ4n) is 2.26. The zero-order chi connectivity index (χ0) is 14.0. The van der Waals surface area contributed by atoms with Gasteiger partial charge in [-0.1, -0.05) is 95.9 Å². The van der Waals surface area contributed by atoms with Gasteiger partial charge in [-0.05, 0) is 25.7 Å². The van der Waals surface area contributed by atoms with Crippen LogP contribution < -0.4 is 0 Å². The van der Waals surface area contributed by atoms with Crippen LogP contribution >= 0.6 is 0 Å². The first-order valence-electron chi connectivity index (χ1n) is 8.73. The van der Waals surface area contributed by atoms with E-state index in [0.29, 0.717) is 0 Å². The van der Waals surface area contributed by atoms with Crippen LogP contribution in [0.5, 0.6) is 0 Å². The first-order valence-corrected chi connectivity index (χ1v) is 8.73. The van der Waals surface area contributed by atoms with Gasteiger partial charge in [0.25, 0.3) is 0 Å². The van der Waals surface area contributed by atoms with Gasteiger partial charge >= 0.3 is 0 Å². The van der Waals surface area contributed by atoms with Crippen LogP contribution in [0.3, 0.4) is 0 Å². The maximum Gasteiger partial charge on any atom is -0.0348 e. The molecule has 0 saturated heterocycles. The van der Waals surface area contributed by atoms with Gasteiger partial charge in [-0.3, -0.25) is 0 Å². The van der Waals surface area contributed by atoms with Gasteiger partial charge < -0.3 is 0 Å². The van der Waals surface area contributed by atoms with E-state index in [1.165, 1.54) is 83.5 Å². The van der Waals surface area contributed by atoms with Crippen LogP contribution in [0.15, 0.2) is 24.3 Å². The summed E-state index contributed by atoms with van der Waals surface area (Å²) in [6.45, 7) is 4.55. The van der Waals surface area contributed by atoms with Crippen molar-refractivity contribution in [1.29, 1.82) is 0 Å². The van der Waals surface area contributed by atoms with Crippen LogP contribution in [0.4, 0.5) is 0 Å². The van der Waals surface area contributed by atoms with Crippen LogP contribution in [0.1, 0.15) is 97.3 Å². The Morgan fingerprint density at radius 1 is 0.474 bits per heavy atom. The van der Waals surface area contributed by atoms with E-state index in [0.717, 1.165) is 0 Å². The number of allylic oxidation sites excluding steroid dienone is 4. The zero-order valence-corrected chi connectivity index (χ0v) is 13.5. The van der Waals surface area contributed by atoms with Gasteiger partial charge in [-0.25, -0.2) is 0 Å². The molecule has 0 fully saturated rings. The summed E-state index contributed by atoms with van der Waals surface area (Å²) in [6, 6.07) is 0. The van der Waals surface area contributed by atoms with E-state index < -0.39 is 0 Å². The molecule has 0 bridgehead atoms. The molecule has 19 heavy (non-hydrogen) atoms. The van der Waals surface area contributed by atoms with E-state index in [9.17, 15) is 0 Å². The van der Waals surface area contributed by atoms with Gasteiger partial charge in [-0.15, -0.1) is 0 Å². The van der Waals surface area contributed by atoms with Gasteiger partial charge in [0.15, 0.2) is 0 Å². The Morgan fingerprint density at radius 2 is 0.842 bits per heavy atom. The molecule has 0 aromatic rings. The lowest BCUT2D eigenvalue weighted by Crippen LogP contribution is -1.77. The molecule has 0 rings (SSSR count). The van der Waals surface area contributed by atoms with Crippen LogP contribution in [-0.2, 0) is 0 Å². The van der Waals surface area contributed by atoms with Crippen LogP contribution in [0, 0.1) is 0 Å². The zero-order valence-electron chi connectivity index (χ0n) is 13.5. The minimum atomic E-state index is 1.26. The molecule has 0 atom stereocenters. The van der Waals surface area contributed by atoms with Gasteiger partial charge in [0.2, 0.25) is 0 Å². The van der Waals surface area contributed by atoms with Gasteiger partial charge in [-0.2, -0.15) is 0 Å². The van der Waals surface area contributed by atoms with Crippen molar-refractivity contribution in [2.24, 2.45) is 0 Å². The molecule has 0 nitrogen and oxygen atoms in total. The highest BCUT2D eigenvalue weighted by molar-refractivity contribution is 5.02. The molecule has 0 saturated carbocycles. The Morgan fingerprint density at radius 3 is 1.26 bits per heavy atom. The van der Waals surface area contributed by atoms with E-state index in [2.05, 4.69) is 38.2 Å². The van der Waals surface area contributed by atoms with Gasteiger partial charge in [0.05, 0.1) is 0 Å². The predicted octanol–water partition coefficient (Wildman–Crippen LogP) is 7.21. The Hall–Kier alpha value is -0.520. The minimum absolute atomic E-state index is 1.26. The van der Waals surface area contributed by atoms with E-state index in [4.69, 9.17) is 0 Å². The second kappa shape index (κ2) is 17.5. The third-order valence-electron chi connectivity index (χ3n) is 3.58. The third-order valence-corrected chi connectivity index (χ3v) is 3.58. The lowest BCUT2D eigenvalue weighted by molar-refractivity contribution is 0.611. The first-order chi connectivity index (χ1) is 9.41. The van der Waals surface area contributed by atoms with Gasteiger partial charge in [0.1, 0.15) is 0 Å². The summed E-state index contributed by atoms with van der Waals surface area (Å²) in [4.78, 5) is 0. The maximum absolute atomic E-state index is 2.33. The van der Waals surface area contributed by atoms with Crippen molar-refractivity contribution in [3.05, 3.63) is 24.3 Å². The van der Waals surface area contributed by atoms with Crippen molar-refractivity contribution >= 4 is 0 Å². The average molecular weight is 264 g/mol. The van der Waals surface area contributed by atoms with E-state index >= 15 is 0 Å². The quantitative estimate of drug-likeness (QED) is 0.230. The smallest absolute Gasteiger partial charge is 0.0348 e. The number of hydrogen-bond donors (Lipinski definition) is 0. The summed E-state index contributed by atoms with van der Waals surface area (Å²) in [5.74, 6) is 0. The number of unbranched alkanes of at least 4 members (excludes halogenated alkanes) is 11. The molecule has 0 N–H and O–H groups in total. The molecule has 0 aliphatic rings. The predicted molar refractivity (Wildman–Crippen MR) is 89.6 cm³/mol. The summed E-state index contributed by atoms with van der Waals surface area (Å²) < 4.78 is 0. The van der Waals surface area contributed by atoms with Crippen molar-refractivity contribution < 1.29 is 0 Å². The standard InChI is InChI=1S/C19H36/c1-3-5-7-9-11-13-15-17-19-18-16-14-12-10-8-6-4-2/h15,17-19H,3-14,16H2,1-2H3. The van der Waals surface area contributed by atoms with E-state index in [-0.39, 0.29) is 0 Å². The van der Waals surface area contributed by atoms with Gasteiger partial charge in [0, 0.05) is 0 Å².